The number of hydrogen-bond acceptors (Lipinski definition) is 4. The van der Waals surface area contributed by atoms with Gasteiger partial charge in [-0.1, -0.05) is 24.3 Å². The average Bonchev–Trinajstić information content (AvgIpc) is 3.02. The molecule has 1 aromatic heterocycles. The summed E-state index contributed by atoms with van der Waals surface area (Å²) in [5, 5.41) is 12.6. The second-order valence-electron chi connectivity index (χ2n) is 5.95. The van der Waals surface area contributed by atoms with Gasteiger partial charge >= 0.3 is 5.97 Å². The Kier molecular flexibility index (Phi) is 4.42. The predicted molar refractivity (Wildman–Crippen MR) is 87.1 cm³/mol. The van der Waals surface area contributed by atoms with E-state index in [1.54, 1.807) is 7.05 Å². The van der Waals surface area contributed by atoms with Crippen LogP contribution in [0.15, 0.2) is 41.6 Å². The van der Waals surface area contributed by atoms with E-state index >= 15 is 0 Å². The predicted octanol–water partition coefficient (Wildman–Crippen LogP) is 1.15. The molecule has 0 amide bonds. The van der Waals surface area contributed by atoms with E-state index in [-0.39, 0.29) is 17.5 Å². The Labute approximate surface area is 140 Å². The van der Waals surface area contributed by atoms with Crippen molar-refractivity contribution in [3.05, 3.63) is 47.8 Å². The standard InChI is InChI=1S/C16H19N3O4S/c1-18(14-7-6-12-4-2-3-5-13(12)8-14)24(22,23)15-9-17-19(10-15)11-16(20)21/h2-5,9-10,14H,6-8,11H2,1H3,(H,20,21). The molecule has 0 saturated carbocycles. The summed E-state index contributed by atoms with van der Waals surface area (Å²) in [4.78, 5) is 10.7. The minimum atomic E-state index is -3.70. The number of hydrogen-bond donors (Lipinski definition) is 1. The van der Waals surface area contributed by atoms with Gasteiger partial charge in [0.15, 0.2) is 0 Å². The first kappa shape index (κ1) is 16.7. The largest absolute Gasteiger partial charge is 0.480 e. The Hall–Kier alpha value is -2.19. The number of nitrogens with zero attached hydrogens (tertiary/aromatic N) is 3. The van der Waals surface area contributed by atoms with Crippen molar-refractivity contribution < 1.29 is 18.3 Å². The maximum absolute atomic E-state index is 12.8. The highest BCUT2D eigenvalue weighted by Crippen LogP contribution is 2.27. The number of carboxylic acid groups (broad SMARTS) is 1. The Bertz CT molecular complexity index is 860. The molecule has 24 heavy (non-hydrogen) atoms. The van der Waals surface area contributed by atoms with Crippen LogP contribution in [0.3, 0.4) is 0 Å². The minimum absolute atomic E-state index is 0.0186. The van der Waals surface area contributed by atoms with Crippen LogP contribution in [0.25, 0.3) is 0 Å². The molecular weight excluding hydrogens is 330 g/mol. The minimum Gasteiger partial charge on any atom is -0.480 e. The first-order valence-corrected chi connectivity index (χ1v) is 9.11. The van der Waals surface area contributed by atoms with Gasteiger partial charge in [-0.2, -0.15) is 9.40 Å². The van der Waals surface area contributed by atoms with Gasteiger partial charge in [-0.15, -0.1) is 0 Å². The van der Waals surface area contributed by atoms with Crippen LogP contribution >= 0.6 is 0 Å². The van der Waals surface area contributed by atoms with Crippen molar-refractivity contribution in [2.45, 2.75) is 36.7 Å². The summed E-state index contributed by atoms with van der Waals surface area (Å²) in [5.41, 5.74) is 2.45. The molecule has 1 N–H and O–H groups in total. The summed E-state index contributed by atoms with van der Waals surface area (Å²) in [6.45, 7) is -0.365. The van der Waals surface area contributed by atoms with Gasteiger partial charge in [-0.25, -0.2) is 8.42 Å². The Morgan fingerprint density at radius 2 is 2.08 bits per heavy atom. The van der Waals surface area contributed by atoms with Gasteiger partial charge in [0.2, 0.25) is 10.0 Å². The number of fused-ring (bicyclic) bond motifs is 1. The molecule has 0 fully saturated rings. The van der Waals surface area contributed by atoms with Crippen molar-refractivity contribution in [1.82, 2.24) is 14.1 Å². The maximum atomic E-state index is 12.8. The third-order valence-electron chi connectivity index (χ3n) is 4.42. The Morgan fingerprint density at radius 3 is 2.79 bits per heavy atom. The SMILES string of the molecule is CN(C1CCc2ccccc2C1)S(=O)(=O)c1cnn(CC(=O)O)c1. The second-order valence-corrected chi connectivity index (χ2v) is 7.95. The number of benzene rings is 1. The van der Waals surface area contributed by atoms with Gasteiger partial charge in [0.25, 0.3) is 0 Å². The highest BCUT2D eigenvalue weighted by Gasteiger charge is 2.31. The van der Waals surface area contributed by atoms with E-state index in [2.05, 4.69) is 11.2 Å². The quantitative estimate of drug-likeness (QED) is 0.874. The number of rotatable bonds is 5. The summed E-state index contributed by atoms with van der Waals surface area (Å²) in [5.74, 6) is -1.07. The highest BCUT2D eigenvalue weighted by atomic mass is 32.2. The normalized spacial score (nSPS) is 17.7. The molecule has 1 aliphatic carbocycles. The number of carbonyl (C=O) groups is 1. The van der Waals surface area contributed by atoms with Gasteiger partial charge in [0, 0.05) is 19.3 Å². The van der Waals surface area contributed by atoms with Gasteiger partial charge in [-0.05, 0) is 30.4 Å². The van der Waals surface area contributed by atoms with Crippen LogP contribution in [-0.2, 0) is 34.2 Å². The van der Waals surface area contributed by atoms with E-state index in [0.717, 1.165) is 17.5 Å². The lowest BCUT2D eigenvalue weighted by molar-refractivity contribution is -0.137. The van der Waals surface area contributed by atoms with Crippen LogP contribution in [0.4, 0.5) is 0 Å². The molecule has 128 valence electrons. The molecule has 1 heterocycles. The number of likely N-dealkylation sites (N-methyl/N-ethyl adjacent to an activating group) is 1. The number of aryl methyl sites for hydroxylation is 1. The number of aliphatic carboxylic acids is 1. The van der Waals surface area contributed by atoms with Gasteiger partial charge in [0.1, 0.15) is 11.4 Å². The van der Waals surface area contributed by atoms with Crippen LogP contribution < -0.4 is 0 Å². The zero-order chi connectivity index (χ0) is 17.3. The molecule has 8 heteroatoms. The second kappa shape index (κ2) is 6.37. The Morgan fingerprint density at radius 1 is 1.38 bits per heavy atom. The van der Waals surface area contributed by atoms with Crippen LogP contribution in [0.1, 0.15) is 17.5 Å². The monoisotopic (exact) mass is 349 g/mol. The van der Waals surface area contributed by atoms with E-state index in [9.17, 15) is 13.2 Å². The lowest BCUT2D eigenvalue weighted by Crippen LogP contribution is -2.40. The molecule has 7 nitrogen and oxygen atoms in total. The molecule has 2 aromatic rings. The average molecular weight is 349 g/mol. The summed E-state index contributed by atoms with van der Waals surface area (Å²) in [7, 11) is -2.13. The van der Waals surface area contributed by atoms with Crippen molar-refractivity contribution in [2.75, 3.05) is 7.05 Å². The molecular formula is C16H19N3O4S. The first-order valence-electron chi connectivity index (χ1n) is 7.67. The molecule has 0 bridgehead atoms. The number of sulfonamides is 1. The molecule has 1 unspecified atom stereocenters. The molecule has 1 aliphatic rings. The fourth-order valence-electron chi connectivity index (χ4n) is 3.05. The van der Waals surface area contributed by atoms with Gasteiger partial charge in [-0.3, -0.25) is 9.48 Å². The molecule has 0 aliphatic heterocycles. The fourth-order valence-corrected chi connectivity index (χ4v) is 4.39. The molecule has 0 saturated heterocycles. The topological polar surface area (TPSA) is 92.5 Å². The van der Waals surface area contributed by atoms with E-state index in [1.165, 1.54) is 27.8 Å². The summed E-state index contributed by atoms with van der Waals surface area (Å²) in [6.07, 6.45) is 4.74. The molecule has 1 aromatic carbocycles. The summed E-state index contributed by atoms with van der Waals surface area (Å²) in [6, 6.07) is 7.96. The van der Waals surface area contributed by atoms with Crippen molar-refractivity contribution >= 4 is 16.0 Å². The van der Waals surface area contributed by atoms with E-state index in [4.69, 9.17) is 5.11 Å². The third kappa shape index (κ3) is 3.20. The van der Waals surface area contributed by atoms with Crippen LogP contribution in [0.2, 0.25) is 0 Å². The lowest BCUT2D eigenvalue weighted by atomic mass is 9.88. The van der Waals surface area contributed by atoms with Crippen molar-refractivity contribution in [3.63, 3.8) is 0 Å². The summed E-state index contributed by atoms with van der Waals surface area (Å²) >= 11 is 0. The van der Waals surface area contributed by atoms with E-state index in [1.807, 2.05) is 18.2 Å². The van der Waals surface area contributed by atoms with Crippen LogP contribution in [-0.4, -0.2) is 46.7 Å². The Balaban J connectivity index is 1.80. The molecule has 3 rings (SSSR count). The highest BCUT2D eigenvalue weighted by molar-refractivity contribution is 7.89. The lowest BCUT2D eigenvalue weighted by Gasteiger charge is -2.31. The molecule has 0 radical (unpaired) electrons. The smallest absolute Gasteiger partial charge is 0.325 e. The number of aromatic nitrogens is 2. The van der Waals surface area contributed by atoms with Gasteiger partial charge in [0.05, 0.1) is 6.20 Å². The number of carboxylic acids is 1. The van der Waals surface area contributed by atoms with Crippen molar-refractivity contribution in [1.29, 1.82) is 0 Å². The zero-order valence-corrected chi connectivity index (χ0v) is 14.1. The van der Waals surface area contributed by atoms with Crippen LogP contribution in [0.5, 0.6) is 0 Å². The van der Waals surface area contributed by atoms with Gasteiger partial charge < -0.3 is 5.11 Å². The first-order chi connectivity index (χ1) is 11.4. The van der Waals surface area contributed by atoms with E-state index < -0.39 is 16.0 Å². The van der Waals surface area contributed by atoms with Crippen molar-refractivity contribution in [2.24, 2.45) is 0 Å². The zero-order valence-electron chi connectivity index (χ0n) is 13.3. The molecule has 0 spiro atoms. The fraction of sp³-hybridized carbons (Fsp3) is 0.375. The third-order valence-corrected chi connectivity index (χ3v) is 6.28. The van der Waals surface area contributed by atoms with Crippen molar-refractivity contribution in [3.8, 4) is 0 Å². The van der Waals surface area contributed by atoms with E-state index in [0.29, 0.717) is 6.42 Å². The van der Waals surface area contributed by atoms with Crippen LogP contribution in [0, 0.1) is 0 Å². The molecule has 1 atom stereocenters. The maximum Gasteiger partial charge on any atom is 0.325 e. The summed E-state index contributed by atoms with van der Waals surface area (Å²) < 4.78 is 28.0.